The van der Waals surface area contributed by atoms with Crippen LogP contribution in [0.15, 0.2) is 18.2 Å². The summed E-state index contributed by atoms with van der Waals surface area (Å²) in [6.07, 6.45) is 1.64. The minimum Gasteiger partial charge on any atom is -0.381 e. The summed E-state index contributed by atoms with van der Waals surface area (Å²) in [5, 5.41) is 2.88. The molecular weight excluding hydrogens is 296 g/mol. The number of imidazole rings is 1. The fraction of sp³-hybridized carbons (Fsp3) is 0.438. The zero-order valence-corrected chi connectivity index (χ0v) is 13.2. The van der Waals surface area contributed by atoms with Gasteiger partial charge in [-0.1, -0.05) is 6.92 Å². The molecule has 1 aliphatic rings. The van der Waals surface area contributed by atoms with Gasteiger partial charge in [-0.3, -0.25) is 14.9 Å². The average Bonchev–Trinajstić information content (AvgIpc) is 3.25. The van der Waals surface area contributed by atoms with Gasteiger partial charge in [0, 0.05) is 19.2 Å². The number of nitrogens with one attached hydrogen (secondary N) is 1. The Kier molecular flexibility index (Phi) is 4.04. The Balaban J connectivity index is 1.93. The fourth-order valence-electron chi connectivity index (χ4n) is 2.74. The second-order valence-electron chi connectivity index (χ2n) is 5.76. The molecular formula is C16H20N4O3. The van der Waals surface area contributed by atoms with E-state index in [1.807, 2.05) is 10.6 Å². The monoisotopic (exact) mass is 316 g/mol. The molecule has 1 fully saturated rings. The third-order valence-electron chi connectivity index (χ3n) is 4.09. The van der Waals surface area contributed by atoms with Crippen molar-refractivity contribution in [1.29, 1.82) is 0 Å². The van der Waals surface area contributed by atoms with Gasteiger partial charge in [-0.25, -0.2) is 4.98 Å². The Morgan fingerprint density at radius 1 is 1.48 bits per heavy atom. The molecule has 7 heteroatoms. The highest BCUT2D eigenvalue weighted by molar-refractivity contribution is 5.98. The number of nitrogens with zero attached hydrogens (tertiary/aromatic N) is 2. The van der Waals surface area contributed by atoms with Gasteiger partial charge in [-0.15, -0.1) is 0 Å². The van der Waals surface area contributed by atoms with E-state index in [1.165, 1.54) is 0 Å². The van der Waals surface area contributed by atoms with Crippen LogP contribution in [0.1, 0.15) is 30.1 Å². The zero-order chi connectivity index (χ0) is 16.6. The van der Waals surface area contributed by atoms with E-state index in [0.717, 1.165) is 24.9 Å². The van der Waals surface area contributed by atoms with Crippen LogP contribution in [0.4, 0.5) is 5.95 Å². The number of hydrogen-bond donors (Lipinski definition) is 2. The number of methoxy groups -OCH3 is 1. The summed E-state index contributed by atoms with van der Waals surface area (Å²) in [5.41, 5.74) is 7.22. The van der Waals surface area contributed by atoms with E-state index in [-0.39, 0.29) is 17.9 Å². The SMILES string of the molecule is CCCn1c(NC(=O)[C@@H]2C[C@H]2OC)nc2cc(C(N)=O)ccc21. The summed E-state index contributed by atoms with van der Waals surface area (Å²) in [5.74, 6) is -0.200. The maximum absolute atomic E-state index is 12.2. The molecule has 0 unspecified atom stereocenters. The second kappa shape index (κ2) is 6.00. The predicted molar refractivity (Wildman–Crippen MR) is 86.1 cm³/mol. The molecule has 7 nitrogen and oxygen atoms in total. The lowest BCUT2D eigenvalue weighted by atomic mass is 10.2. The van der Waals surface area contributed by atoms with Crippen molar-refractivity contribution >= 4 is 28.8 Å². The molecule has 0 radical (unpaired) electrons. The standard InChI is InChI=1S/C16H20N4O3/c1-3-6-20-12-5-4-9(14(17)21)7-11(12)18-16(20)19-15(22)10-8-13(10)23-2/h4-5,7,10,13H,3,6,8H2,1-2H3,(H2,17,21)(H,18,19,22)/t10-,13-/m1/s1. The van der Waals surface area contributed by atoms with Gasteiger partial charge >= 0.3 is 0 Å². The normalized spacial score (nSPS) is 19.7. The number of anilines is 1. The van der Waals surface area contributed by atoms with Crippen molar-refractivity contribution in [2.75, 3.05) is 12.4 Å². The van der Waals surface area contributed by atoms with Crippen LogP contribution in [0.2, 0.25) is 0 Å². The van der Waals surface area contributed by atoms with Crippen molar-refractivity contribution in [3.05, 3.63) is 23.8 Å². The molecule has 2 atom stereocenters. The van der Waals surface area contributed by atoms with E-state index in [4.69, 9.17) is 10.5 Å². The van der Waals surface area contributed by atoms with Crippen molar-refractivity contribution in [3.63, 3.8) is 0 Å². The van der Waals surface area contributed by atoms with Gasteiger partial charge in [-0.05, 0) is 31.0 Å². The minimum absolute atomic E-state index is 0.000433. The number of rotatable bonds is 6. The van der Waals surface area contributed by atoms with Crippen LogP contribution in [0.25, 0.3) is 11.0 Å². The lowest BCUT2D eigenvalue weighted by Crippen LogP contribution is -2.19. The van der Waals surface area contributed by atoms with Crippen molar-refractivity contribution in [2.45, 2.75) is 32.4 Å². The quantitative estimate of drug-likeness (QED) is 0.844. The van der Waals surface area contributed by atoms with E-state index in [1.54, 1.807) is 19.2 Å². The van der Waals surface area contributed by atoms with Gasteiger partial charge < -0.3 is 15.0 Å². The summed E-state index contributed by atoms with van der Waals surface area (Å²) in [6.45, 7) is 2.78. The van der Waals surface area contributed by atoms with Gasteiger partial charge in [0.05, 0.1) is 23.1 Å². The van der Waals surface area contributed by atoms with Gasteiger partial charge in [-0.2, -0.15) is 0 Å². The highest BCUT2D eigenvalue weighted by Gasteiger charge is 2.43. The van der Waals surface area contributed by atoms with E-state index < -0.39 is 5.91 Å². The van der Waals surface area contributed by atoms with E-state index in [2.05, 4.69) is 17.2 Å². The molecule has 122 valence electrons. The van der Waals surface area contributed by atoms with Crippen molar-refractivity contribution in [3.8, 4) is 0 Å². The maximum Gasteiger partial charge on any atom is 0.248 e. The molecule has 1 aliphatic carbocycles. The van der Waals surface area contributed by atoms with Gasteiger partial charge in [0.1, 0.15) is 0 Å². The average molecular weight is 316 g/mol. The van der Waals surface area contributed by atoms with Crippen molar-refractivity contribution in [2.24, 2.45) is 11.7 Å². The molecule has 0 bridgehead atoms. The smallest absolute Gasteiger partial charge is 0.248 e. The molecule has 0 saturated heterocycles. The first-order valence-electron chi connectivity index (χ1n) is 7.69. The number of aromatic nitrogens is 2. The first kappa shape index (κ1) is 15.5. The van der Waals surface area contributed by atoms with Crippen LogP contribution in [-0.4, -0.2) is 34.6 Å². The number of nitrogens with two attached hydrogens (primary N) is 1. The molecule has 2 aromatic rings. The Morgan fingerprint density at radius 2 is 2.26 bits per heavy atom. The van der Waals surface area contributed by atoms with E-state index in [0.29, 0.717) is 17.0 Å². The minimum atomic E-state index is -0.497. The van der Waals surface area contributed by atoms with Gasteiger partial charge in [0.15, 0.2) is 0 Å². The molecule has 1 saturated carbocycles. The number of fused-ring (bicyclic) bond motifs is 1. The molecule has 3 rings (SSSR count). The van der Waals surface area contributed by atoms with Crippen LogP contribution < -0.4 is 11.1 Å². The third kappa shape index (κ3) is 2.92. The number of primary amides is 1. The number of hydrogen-bond acceptors (Lipinski definition) is 4. The lowest BCUT2D eigenvalue weighted by Gasteiger charge is -2.08. The predicted octanol–water partition coefficient (Wildman–Crippen LogP) is 1.52. The summed E-state index contributed by atoms with van der Waals surface area (Å²) >= 11 is 0. The van der Waals surface area contributed by atoms with Crippen molar-refractivity contribution < 1.29 is 14.3 Å². The van der Waals surface area contributed by atoms with Gasteiger partial charge in [0.2, 0.25) is 17.8 Å². The number of carbonyl (C=O) groups excluding carboxylic acids is 2. The summed E-state index contributed by atoms with van der Waals surface area (Å²) in [6, 6.07) is 5.13. The molecule has 1 aromatic carbocycles. The molecule has 0 spiro atoms. The molecule has 1 heterocycles. The summed E-state index contributed by atoms with van der Waals surface area (Å²) < 4.78 is 7.12. The largest absolute Gasteiger partial charge is 0.381 e. The fourth-order valence-corrected chi connectivity index (χ4v) is 2.74. The first-order valence-corrected chi connectivity index (χ1v) is 7.69. The van der Waals surface area contributed by atoms with Crippen LogP contribution in [0, 0.1) is 5.92 Å². The Hall–Kier alpha value is -2.41. The van der Waals surface area contributed by atoms with Crippen LogP contribution in [-0.2, 0) is 16.1 Å². The summed E-state index contributed by atoms with van der Waals surface area (Å²) in [4.78, 5) is 28.0. The highest BCUT2D eigenvalue weighted by Crippen LogP contribution is 2.34. The van der Waals surface area contributed by atoms with E-state index >= 15 is 0 Å². The van der Waals surface area contributed by atoms with Gasteiger partial charge in [0.25, 0.3) is 0 Å². The number of benzene rings is 1. The maximum atomic E-state index is 12.2. The topological polar surface area (TPSA) is 99.2 Å². The molecule has 1 aromatic heterocycles. The number of amides is 2. The van der Waals surface area contributed by atoms with Crippen LogP contribution >= 0.6 is 0 Å². The van der Waals surface area contributed by atoms with Crippen LogP contribution in [0.5, 0.6) is 0 Å². The summed E-state index contributed by atoms with van der Waals surface area (Å²) in [7, 11) is 1.61. The molecule has 2 amide bonds. The lowest BCUT2D eigenvalue weighted by molar-refractivity contribution is -0.118. The Labute approximate surface area is 133 Å². The number of ether oxygens (including phenoxy) is 1. The highest BCUT2D eigenvalue weighted by atomic mass is 16.5. The Bertz CT molecular complexity index is 768. The zero-order valence-electron chi connectivity index (χ0n) is 13.2. The first-order chi connectivity index (χ1) is 11.0. The molecule has 0 aliphatic heterocycles. The van der Waals surface area contributed by atoms with Crippen LogP contribution in [0.3, 0.4) is 0 Å². The molecule has 23 heavy (non-hydrogen) atoms. The Morgan fingerprint density at radius 3 is 2.87 bits per heavy atom. The number of aryl methyl sites for hydroxylation is 1. The molecule has 3 N–H and O–H groups in total. The second-order valence-corrected chi connectivity index (χ2v) is 5.76. The van der Waals surface area contributed by atoms with Crippen molar-refractivity contribution in [1.82, 2.24) is 9.55 Å². The number of carbonyl (C=O) groups is 2. The third-order valence-corrected chi connectivity index (χ3v) is 4.09. The van der Waals surface area contributed by atoms with E-state index in [9.17, 15) is 9.59 Å².